The first kappa shape index (κ1) is 21.0. The number of aliphatic hydroxyl groups excluding tert-OH is 3. The number of hydrogen-bond donors (Lipinski definition) is 4. The number of nitrogens with zero attached hydrogens (tertiary/aromatic N) is 1. The monoisotopic (exact) mass is 302 g/mol. The molecule has 0 aromatic carbocycles. The fourth-order valence-electron chi connectivity index (χ4n) is 0.759. The average molecular weight is 302 g/mol. The predicted octanol–water partition coefficient (Wildman–Crippen LogP) is -2.84. The molecule has 0 aliphatic heterocycles. The van der Waals surface area contributed by atoms with Crippen LogP contribution in [-0.4, -0.2) is 98.6 Å². The van der Waals surface area contributed by atoms with Crippen molar-refractivity contribution in [2.75, 3.05) is 60.3 Å². The number of quaternary nitrogens is 1. The van der Waals surface area contributed by atoms with E-state index in [4.69, 9.17) is 15.3 Å². The highest BCUT2D eigenvalue weighted by molar-refractivity contribution is 7.85. The van der Waals surface area contributed by atoms with Gasteiger partial charge in [-0.1, -0.05) is 0 Å². The van der Waals surface area contributed by atoms with Gasteiger partial charge in [-0.2, -0.15) is 0 Å². The van der Waals surface area contributed by atoms with E-state index < -0.39 is 41.2 Å². The summed E-state index contributed by atoms with van der Waals surface area (Å²) in [6.07, 6.45) is 0. The van der Waals surface area contributed by atoms with E-state index in [-0.39, 0.29) is 6.54 Å². The van der Waals surface area contributed by atoms with Gasteiger partial charge in [0, 0.05) is 6.54 Å². The summed E-state index contributed by atoms with van der Waals surface area (Å²) in [5, 5.41) is 28.8. The van der Waals surface area contributed by atoms with Gasteiger partial charge in [0.2, 0.25) is 0 Å². The van der Waals surface area contributed by atoms with Gasteiger partial charge in [-0.25, -0.2) is 8.42 Å². The first-order chi connectivity index (χ1) is 8.39. The van der Waals surface area contributed by atoms with Crippen LogP contribution < -0.4 is 5.32 Å². The maximum atomic E-state index is 10.2. The lowest BCUT2D eigenvalue weighted by atomic mass is 10.0. The molecule has 0 aliphatic rings. The van der Waals surface area contributed by atoms with Crippen molar-refractivity contribution in [3.8, 4) is 0 Å². The molecule has 0 aromatic rings. The lowest BCUT2D eigenvalue weighted by Gasteiger charge is -2.28. The molecule has 0 spiro atoms. The molecule has 0 saturated heterocycles. The molecule has 118 valence electrons. The van der Waals surface area contributed by atoms with Gasteiger partial charge in [-0.05, 0) is 0 Å². The molecule has 19 heavy (non-hydrogen) atoms. The van der Waals surface area contributed by atoms with E-state index in [1.165, 1.54) is 0 Å². The van der Waals surface area contributed by atoms with Crippen LogP contribution >= 0.6 is 0 Å². The third-order valence-electron chi connectivity index (χ3n) is 1.76. The largest absolute Gasteiger partial charge is 0.748 e. The van der Waals surface area contributed by atoms with E-state index in [0.717, 1.165) is 4.48 Å². The van der Waals surface area contributed by atoms with Crippen molar-refractivity contribution in [3.05, 3.63) is 0 Å². The van der Waals surface area contributed by atoms with Gasteiger partial charge in [0.25, 0.3) is 0 Å². The predicted molar refractivity (Wildman–Crippen MR) is 70.5 cm³/mol. The standard InChI is InChI=1S/C6H15NO6S.C4H12N/c8-3-6(4-9,5-10)7-1-2-14(11,12)13;1-5(2,3)4/h7-10H,1-5H2,(H,11,12,13);1-4H3/q;+1/p-1. The van der Waals surface area contributed by atoms with E-state index in [2.05, 4.69) is 33.5 Å². The van der Waals surface area contributed by atoms with Crippen molar-refractivity contribution in [3.63, 3.8) is 0 Å². The molecule has 9 heteroatoms. The molecule has 8 nitrogen and oxygen atoms in total. The van der Waals surface area contributed by atoms with Crippen molar-refractivity contribution in [2.45, 2.75) is 5.54 Å². The van der Waals surface area contributed by atoms with E-state index in [1.807, 2.05) is 0 Å². The van der Waals surface area contributed by atoms with E-state index in [1.54, 1.807) is 0 Å². The molecule has 0 aromatic heterocycles. The summed E-state index contributed by atoms with van der Waals surface area (Å²) in [5.41, 5.74) is -1.34. The van der Waals surface area contributed by atoms with Gasteiger partial charge in [0.15, 0.2) is 0 Å². The minimum atomic E-state index is -4.33. The van der Waals surface area contributed by atoms with Crippen molar-refractivity contribution in [1.29, 1.82) is 0 Å². The molecule has 4 N–H and O–H groups in total. The fourth-order valence-corrected chi connectivity index (χ4v) is 1.11. The van der Waals surface area contributed by atoms with E-state index in [9.17, 15) is 13.0 Å². The highest BCUT2D eigenvalue weighted by atomic mass is 32.2. The smallest absolute Gasteiger partial charge is 0.0958 e. The van der Waals surface area contributed by atoms with Gasteiger partial charge in [-0.15, -0.1) is 0 Å². The summed E-state index contributed by atoms with van der Waals surface area (Å²) < 4.78 is 31.6. The maximum absolute atomic E-state index is 10.2. The molecule has 0 radical (unpaired) electrons. The van der Waals surface area contributed by atoms with Crippen LogP contribution in [0.4, 0.5) is 0 Å². The van der Waals surface area contributed by atoms with Gasteiger partial charge >= 0.3 is 0 Å². The number of nitrogens with one attached hydrogen (secondary N) is 1. The lowest BCUT2D eigenvalue weighted by Crippen LogP contribution is -2.55. The Morgan fingerprint density at radius 1 is 1.05 bits per heavy atom. The quantitative estimate of drug-likeness (QED) is 0.294. The zero-order chi connectivity index (χ0) is 15.7. The second-order valence-corrected chi connectivity index (χ2v) is 7.15. The summed E-state index contributed by atoms with van der Waals surface area (Å²) in [6.45, 7) is -1.90. The lowest BCUT2D eigenvalue weighted by molar-refractivity contribution is -0.849. The summed E-state index contributed by atoms with van der Waals surface area (Å²) in [4.78, 5) is 0. The molecule has 0 saturated carbocycles. The third-order valence-corrected chi connectivity index (χ3v) is 2.46. The van der Waals surface area contributed by atoms with Gasteiger partial charge in [0.1, 0.15) is 0 Å². The van der Waals surface area contributed by atoms with E-state index in [0.29, 0.717) is 0 Å². The van der Waals surface area contributed by atoms with Crippen LogP contribution in [0.1, 0.15) is 0 Å². The van der Waals surface area contributed by atoms with Crippen LogP contribution in [0.25, 0.3) is 0 Å². The Balaban J connectivity index is 0. The molecule has 0 fully saturated rings. The Labute approximate surface area is 115 Å². The number of rotatable bonds is 7. The highest BCUT2D eigenvalue weighted by Gasteiger charge is 2.26. The molecule has 0 rings (SSSR count). The van der Waals surface area contributed by atoms with Crippen molar-refractivity contribution in [2.24, 2.45) is 0 Å². The Bertz CT molecular complexity index is 307. The summed E-state index contributed by atoms with van der Waals surface area (Å²) >= 11 is 0. The number of aliphatic hydroxyl groups is 3. The summed E-state index contributed by atoms with van der Waals surface area (Å²) in [5.74, 6) is -0.658. The van der Waals surface area contributed by atoms with Crippen LogP contribution in [0.3, 0.4) is 0 Å². The Morgan fingerprint density at radius 2 is 1.37 bits per heavy atom. The summed E-state index contributed by atoms with van der Waals surface area (Å²) in [6, 6.07) is 0. The van der Waals surface area contributed by atoms with Crippen molar-refractivity contribution < 1.29 is 32.8 Å². The van der Waals surface area contributed by atoms with Crippen LogP contribution in [0.2, 0.25) is 0 Å². The second-order valence-electron chi connectivity index (χ2n) is 5.63. The molecule has 0 atom stereocenters. The minimum Gasteiger partial charge on any atom is -0.748 e. The molecule has 0 amide bonds. The number of hydrogen-bond acceptors (Lipinski definition) is 7. The molecular formula is C10H26N2O6S. The molecule has 0 unspecified atom stereocenters. The highest BCUT2D eigenvalue weighted by Crippen LogP contribution is 2.00. The van der Waals surface area contributed by atoms with Crippen molar-refractivity contribution in [1.82, 2.24) is 5.32 Å². The molecule has 0 bridgehead atoms. The second kappa shape index (κ2) is 8.80. The zero-order valence-corrected chi connectivity index (χ0v) is 12.8. The molecular weight excluding hydrogens is 276 g/mol. The fraction of sp³-hybridized carbons (Fsp3) is 1.00. The molecule has 0 aliphatic carbocycles. The minimum absolute atomic E-state index is 0.229. The van der Waals surface area contributed by atoms with Gasteiger partial charge < -0.3 is 29.7 Å². The topological polar surface area (TPSA) is 130 Å². The first-order valence-corrected chi connectivity index (χ1v) is 7.27. The Kier molecular flexibility index (Phi) is 9.73. The van der Waals surface area contributed by atoms with Gasteiger partial charge in [0.05, 0.1) is 69.4 Å². The van der Waals surface area contributed by atoms with Crippen molar-refractivity contribution >= 4 is 10.1 Å². The normalized spacial score (nSPS) is 12.8. The Hall–Kier alpha value is -0.290. The SMILES string of the molecule is C[N+](C)(C)C.O=S(=O)([O-])CCNC(CO)(CO)CO. The molecule has 0 heterocycles. The summed E-state index contributed by atoms with van der Waals surface area (Å²) in [7, 11) is 4.17. The van der Waals surface area contributed by atoms with Crippen LogP contribution in [0.15, 0.2) is 0 Å². The third kappa shape index (κ3) is 15.7. The zero-order valence-electron chi connectivity index (χ0n) is 12.0. The maximum Gasteiger partial charge on any atom is 0.0958 e. The van der Waals surface area contributed by atoms with Crippen LogP contribution in [-0.2, 0) is 10.1 Å². The van der Waals surface area contributed by atoms with Gasteiger partial charge in [-0.3, -0.25) is 0 Å². The van der Waals surface area contributed by atoms with Crippen LogP contribution in [0, 0.1) is 0 Å². The van der Waals surface area contributed by atoms with E-state index >= 15 is 0 Å². The van der Waals surface area contributed by atoms with Crippen LogP contribution in [0.5, 0.6) is 0 Å². The average Bonchev–Trinajstić information content (AvgIpc) is 2.21. The Morgan fingerprint density at radius 3 is 1.58 bits per heavy atom. The first-order valence-electron chi connectivity index (χ1n) is 5.69.